The number of furan rings is 1. The first-order valence-electron chi connectivity index (χ1n) is 21.1. The molecule has 0 N–H and O–H groups in total. The van der Waals surface area contributed by atoms with E-state index in [1.54, 1.807) is 35.2 Å². The van der Waals surface area contributed by atoms with Crippen LogP contribution in [0.3, 0.4) is 0 Å². The summed E-state index contributed by atoms with van der Waals surface area (Å²) in [6, 6.07) is 39.6. The molecule has 9 aromatic rings. The van der Waals surface area contributed by atoms with Crippen molar-refractivity contribution < 1.29 is 37.3 Å². The largest absolute Gasteiger partial charge is 3.00 e. The van der Waals surface area contributed by atoms with E-state index in [1.807, 2.05) is 36.4 Å². The predicted octanol–water partition coefficient (Wildman–Crippen LogP) is 11.2. The van der Waals surface area contributed by atoms with Gasteiger partial charge in [0.2, 0.25) is 6.33 Å². The van der Waals surface area contributed by atoms with Gasteiger partial charge in [-0.25, -0.2) is 0 Å². The minimum Gasteiger partial charge on any atom is -0.498 e. The van der Waals surface area contributed by atoms with Gasteiger partial charge in [-0.3, -0.25) is 0 Å². The number of hydrogen-bond acceptors (Lipinski definition) is 3. The van der Waals surface area contributed by atoms with Crippen molar-refractivity contribution in [1.29, 1.82) is 5.26 Å². The van der Waals surface area contributed by atoms with Gasteiger partial charge < -0.3 is 23.1 Å². The van der Waals surface area contributed by atoms with Crippen LogP contribution >= 0.6 is 0 Å². The Kier molecular flexibility index (Phi) is 8.24. The Hall–Kier alpha value is -5.80. The molecule has 0 saturated heterocycles. The third kappa shape index (κ3) is 6.85. The van der Waals surface area contributed by atoms with Crippen molar-refractivity contribution >= 4 is 43.7 Å². The number of nitriles is 1. The zero-order valence-corrected chi connectivity index (χ0v) is 34.3. The van der Waals surface area contributed by atoms with Crippen molar-refractivity contribution in [3.8, 4) is 28.7 Å². The van der Waals surface area contributed by atoms with Crippen molar-refractivity contribution in [3.05, 3.63) is 156 Å². The zero-order valence-electron chi connectivity index (χ0n) is 37.9. The van der Waals surface area contributed by atoms with Gasteiger partial charge in [0.25, 0.3) is 0 Å². The van der Waals surface area contributed by atoms with E-state index >= 15 is 0 Å². The second-order valence-electron chi connectivity index (χ2n) is 15.7. The Labute approximate surface area is 350 Å². The molecule has 4 heterocycles. The number of nitrogens with zero attached hydrogens (tertiary/aromatic N) is 5. The van der Waals surface area contributed by atoms with Crippen molar-refractivity contribution in [2.75, 3.05) is 0 Å². The maximum atomic E-state index is 10.6. The summed E-state index contributed by atoms with van der Waals surface area (Å²) in [5.74, 6) is 0. The summed E-state index contributed by atoms with van der Waals surface area (Å²) < 4.78 is 58.3. The molecule has 0 aliphatic rings. The van der Waals surface area contributed by atoms with Crippen molar-refractivity contribution in [2.45, 2.75) is 59.2 Å². The average molecular weight is 916 g/mol. The van der Waals surface area contributed by atoms with Crippen molar-refractivity contribution in [1.82, 2.24) is 14.1 Å². The fourth-order valence-electron chi connectivity index (χ4n) is 7.06. The number of benzene rings is 5. The molecule has 0 aliphatic heterocycles. The van der Waals surface area contributed by atoms with E-state index in [4.69, 9.17) is 12.6 Å². The maximum absolute atomic E-state index is 10.6. The summed E-state index contributed by atoms with van der Waals surface area (Å²) >= 11 is 0. The molecule has 0 fully saturated rings. The molecule has 278 valence electrons. The van der Waals surface area contributed by atoms with E-state index in [9.17, 15) is 5.26 Å². The van der Waals surface area contributed by atoms with Gasteiger partial charge in [0.15, 0.2) is 0 Å². The Bertz CT molecular complexity index is 3070. The molecule has 0 amide bonds. The maximum Gasteiger partial charge on any atom is 3.00 e. The number of fused-ring (bicyclic) bond motifs is 6. The number of pyridine rings is 1. The molecular formula is C49H43IrN5O+. The predicted molar refractivity (Wildman–Crippen MR) is 222 cm³/mol. The van der Waals surface area contributed by atoms with Gasteiger partial charge in [-0.2, -0.15) is 35.6 Å². The smallest absolute Gasteiger partial charge is 0.498 e. The van der Waals surface area contributed by atoms with Crippen LogP contribution in [0.1, 0.15) is 72.0 Å². The second kappa shape index (κ2) is 14.7. The van der Waals surface area contributed by atoms with Gasteiger partial charge in [0, 0.05) is 38.9 Å². The quantitative estimate of drug-likeness (QED) is 0.131. The normalized spacial score (nSPS) is 13.8. The summed E-state index contributed by atoms with van der Waals surface area (Å²) in [6.45, 7) is 8.52. The van der Waals surface area contributed by atoms with Crippen LogP contribution in [-0.4, -0.2) is 14.1 Å². The summed E-state index contributed by atoms with van der Waals surface area (Å²) in [6.07, 6.45) is 7.50. The molecule has 6 nitrogen and oxygen atoms in total. The van der Waals surface area contributed by atoms with Gasteiger partial charge in [0.05, 0.1) is 33.3 Å². The van der Waals surface area contributed by atoms with Gasteiger partial charge in [-0.1, -0.05) is 107 Å². The zero-order chi connectivity index (χ0) is 43.6. The van der Waals surface area contributed by atoms with Crippen LogP contribution in [0.2, 0.25) is 0 Å². The third-order valence-electron chi connectivity index (χ3n) is 9.99. The number of rotatable bonds is 3. The first kappa shape index (κ1) is 31.4. The molecule has 0 aliphatic carbocycles. The topological polar surface area (TPSA) is 63.6 Å². The van der Waals surface area contributed by atoms with Crippen LogP contribution in [0.25, 0.3) is 66.4 Å². The van der Waals surface area contributed by atoms with Crippen LogP contribution in [0, 0.1) is 36.6 Å². The van der Waals surface area contributed by atoms with Gasteiger partial charge in [-0.15, -0.1) is 17.7 Å². The average Bonchev–Trinajstić information content (AvgIpc) is 3.95. The molecule has 0 spiro atoms. The fourth-order valence-corrected chi connectivity index (χ4v) is 7.06. The Balaban J connectivity index is 0.000000305. The van der Waals surface area contributed by atoms with Gasteiger partial charge in [0.1, 0.15) is 17.3 Å². The number of para-hydroxylation sites is 1. The van der Waals surface area contributed by atoms with Crippen LogP contribution in [0.15, 0.2) is 120 Å². The monoisotopic (exact) mass is 916 g/mol. The second-order valence-corrected chi connectivity index (χ2v) is 15.7. The molecule has 0 atom stereocenters. The van der Waals surface area contributed by atoms with Crippen LogP contribution in [0.4, 0.5) is 0 Å². The van der Waals surface area contributed by atoms with E-state index in [1.165, 1.54) is 12.3 Å². The molecule has 0 unspecified atom stereocenters. The van der Waals surface area contributed by atoms with Crippen LogP contribution in [0.5, 0.6) is 0 Å². The molecular weight excluding hydrogens is 867 g/mol. The van der Waals surface area contributed by atoms with Crippen molar-refractivity contribution in [3.63, 3.8) is 0 Å². The standard InChI is InChI=1S/C39H34N3O.C10H9N2.Ir/c1-23-11-15-29(31-10-8-9-19-41-31)36-34(23)30-16-12-24(22-40)35(37(30)43-36)42-32-20-25(38(2,3)4)13-17-27(32)28-18-14-26(21-33(28)42)39(5,6)7;1-11-7-8-12(9-11)10-5-3-2-4-6-10;/h8-14,16-21H,1-7H3;2-5,7-8H,1H3;/q2*-1;+3/i2*1D3;. The summed E-state index contributed by atoms with van der Waals surface area (Å²) in [5.41, 5.74) is 7.91. The molecule has 4 aromatic heterocycles. The van der Waals surface area contributed by atoms with Gasteiger partial charge >= 0.3 is 20.1 Å². The molecule has 7 heteroatoms. The Morgan fingerprint density at radius 2 is 1.52 bits per heavy atom. The van der Waals surface area contributed by atoms with E-state index < -0.39 is 13.8 Å². The summed E-state index contributed by atoms with van der Waals surface area (Å²) in [5, 5.41) is 13.8. The van der Waals surface area contributed by atoms with Crippen LogP contribution in [-0.2, 0) is 37.9 Å². The first-order valence-corrected chi connectivity index (χ1v) is 18.1. The minimum absolute atomic E-state index is 0. The number of aryl methyl sites for hydroxylation is 2. The molecule has 9 rings (SSSR count). The number of hydrogen-bond donors (Lipinski definition) is 0. The summed E-state index contributed by atoms with van der Waals surface area (Å²) in [7, 11) is 0. The van der Waals surface area contributed by atoms with E-state index in [0.29, 0.717) is 44.4 Å². The Morgan fingerprint density at radius 3 is 2.09 bits per heavy atom. The number of imidazole rings is 1. The SMILES string of the molecule is [2H]C([2H])([2H])[n+]1[c-]n(-c2[c-]cccc2)cc1.[2H]C([2H])([2H])c1c[c-]c(-c2ccccn2)c2oc3c(-n4c5cc(C(C)(C)C)ccc5c5ccc(C(C)(C)C)cc54)c(C#N)ccc3c12.[Ir+3]. The van der Waals surface area contributed by atoms with Gasteiger partial charge in [-0.05, 0) is 51.9 Å². The molecule has 5 aromatic carbocycles. The molecule has 0 radical (unpaired) electrons. The summed E-state index contributed by atoms with van der Waals surface area (Å²) in [4.78, 5) is 4.52. The number of aromatic nitrogens is 4. The molecule has 0 bridgehead atoms. The van der Waals surface area contributed by atoms with E-state index in [2.05, 4.69) is 112 Å². The molecule has 0 saturated carbocycles. The van der Waals surface area contributed by atoms with Crippen molar-refractivity contribution in [2.24, 2.45) is 6.98 Å². The van der Waals surface area contributed by atoms with E-state index in [-0.39, 0.29) is 36.5 Å². The fraction of sp³-hybridized carbons (Fsp3) is 0.204. The van der Waals surface area contributed by atoms with Crippen LogP contribution < -0.4 is 4.57 Å². The van der Waals surface area contributed by atoms with E-state index in [0.717, 1.165) is 43.2 Å². The first-order chi connectivity index (χ1) is 28.8. The third-order valence-corrected chi connectivity index (χ3v) is 9.99. The minimum atomic E-state index is -2.42. The Morgan fingerprint density at radius 1 is 0.821 bits per heavy atom. The molecule has 56 heavy (non-hydrogen) atoms.